The zero-order valence-corrected chi connectivity index (χ0v) is 10.8. The Hall–Kier alpha value is -2.03. The molecular weight excluding hydrogens is 222 g/mol. The van der Waals surface area contributed by atoms with E-state index in [0.717, 1.165) is 13.1 Å². The highest BCUT2D eigenvalue weighted by atomic mass is 15.1. The van der Waals surface area contributed by atoms with Crippen molar-refractivity contribution in [1.29, 1.82) is 0 Å². The minimum absolute atomic E-state index is 0.876. The Balaban J connectivity index is 2.03. The highest BCUT2D eigenvalue weighted by molar-refractivity contribution is 5.83. The second-order valence-corrected chi connectivity index (χ2v) is 4.62. The molecule has 2 heterocycles. The molecule has 3 rings (SSSR count). The molecule has 0 unspecified atom stereocenters. The molecule has 0 atom stereocenters. The van der Waals surface area contributed by atoms with Gasteiger partial charge in [-0.1, -0.05) is 12.1 Å². The van der Waals surface area contributed by atoms with Crippen LogP contribution < -0.4 is 0 Å². The Bertz CT molecular complexity index is 676. The first-order valence-corrected chi connectivity index (χ1v) is 6.33. The van der Waals surface area contributed by atoms with Gasteiger partial charge in [-0.2, -0.15) is 0 Å². The van der Waals surface area contributed by atoms with Gasteiger partial charge in [0.15, 0.2) is 0 Å². The van der Waals surface area contributed by atoms with Crippen molar-refractivity contribution in [3.63, 3.8) is 0 Å². The molecule has 0 aliphatic carbocycles. The van der Waals surface area contributed by atoms with Gasteiger partial charge in [-0.25, -0.2) is 4.98 Å². The molecular formula is C15H17N3. The van der Waals surface area contributed by atoms with Crippen molar-refractivity contribution in [2.24, 2.45) is 0 Å². The molecule has 92 valence electrons. The lowest BCUT2D eigenvalue weighted by atomic mass is 10.1. The van der Waals surface area contributed by atoms with Crippen LogP contribution in [0.25, 0.3) is 10.9 Å². The standard InChI is InChI=1S/C15H17N3/c1-3-17-11-16-9-13(17)10-18-8-7-14-12(2)5-4-6-15(14)18/h4-9,11H,3,10H2,1-2H3. The first-order valence-electron chi connectivity index (χ1n) is 6.33. The first-order chi connectivity index (χ1) is 8.79. The van der Waals surface area contributed by atoms with Crippen molar-refractivity contribution in [1.82, 2.24) is 14.1 Å². The zero-order chi connectivity index (χ0) is 12.5. The van der Waals surface area contributed by atoms with Crippen molar-refractivity contribution < 1.29 is 0 Å². The fourth-order valence-electron chi connectivity index (χ4n) is 2.45. The lowest BCUT2D eigenvalue weighted by Crippen LogP contribution is -2.05. The predicted octanol–water partition coefficient (Wildman–Crippen LogP) is 3.21. The molecule has 0 saturated heterocycles. The van der Waals surface area contributed by atoms with Gasteiger partial charge in [0.1, 0.15) is 0 Å². The maximum atomic E-state index is 4.22. The number of fused-ring (bicyclic) bond motifs is 1. The lowest BCUT2D eigenvalue weighted by Gasteiger charge is -2.08. The molecule has 0 spiro atoms. The maximum Gasteiger partial charge on any atom is 0.0948 e. The van der Waals surface area contributed by atoms with Crippen LogP contribution in [0.4, 0.5) is 0 Å². The fraction of sp³-hybridized carbons (Fsp3) is 0.267. The molecule has 18 heavy (non-hydrogen) atoms. The summed E-state index contributed by atoms with van der Waals surface area (Å²) in [5, 5.41) is 1.33. The second kappa shape index (κ2) is 4.33. The summed E-state index contributed by atoms with van der Waals surface area (Å²) in [4.78, 5) is 4.22. The molecule has 0 aliphatic rings. The molecule has 3 aromatic rings. The molecule has 0 radical (unpaired) electrons. The minimum atomic E-state index is 0.876. The minimum Gasteiger partial charge on any atom is -0.341 e. The molecule has 0 aliphatic heterocycles. The zero-order valence-electron chi connectivity index (χ0n) is 10.8. The second-order valence-electron chi connectivity index (χ2n) is 4.62. The van der Waals surface area contributed by atoms with E-state index < -0.39 is 0 Å². The fourth-order valence-corrected chi connectivity index (χ4v) is 2.45. The van der Waals surface area contributed by atoms with Crippen molar-refractivity contribution in [3.05, 3.63) is 54.2 Å². The van der Waals surface area contributed by atoms with Crippen LogP contribution >= 0.6 is 0 Å². The molecule has 2 aromatic heterocycles. The summed E-state index contributed by atoms with van der Waals surface area (Å²) in [6.45, 7) is 6.14. The van der Waals surface area contributed by atoms with Crippen molar-refractivity contribution in [3.8, 4) is 0 Å². The van der Waals surface area contributed by atoms with Crippen LogP contribution in [0.2, 0.25) is 0 Å². The van der Waals surface area contributed by atoms with Gasteiger partial charge < -0.3 is 9.13 Å². The van der Waals surface area contributed by atoms with Crippen LogP contribution in [-0.4, -0.2) is 14.1 Å². The summed E-state index contributed by atoms with van der Waals surface area (Å²) in [7, 11) is 0. The number of hydrogen-bond donors (Lipinski definition) is 0. The summed E-state index contributed by atoms with van der Waals surface area (Å²) < 4.78 is 4.47. The van der Waals surface area contributed by atoms with Gasteiger partial charge in [-0.15, -0.1) is 0 Å². The van der Waals surface area contributed by atoms with E-state index in [1.165, 1.54) is 22.2 Å². The van der Waals surface area contributed by atoms with Crippen molar-refractivity contribution in [2.45, 2.75) is 26.9 Å². The number of benzene rings is 1. The number of imidazole rings is 1. The topological polar surface area (TPSA) is 22.8 Å². The molecule has 0 N–H and O–H groups in total. The Kier molecular flexibility index (Phi) is 2.67. The van der Waals surface area contributed by atoms with E-state index >= 15 is 0 Å². The van der Waals surface area contributed by atoms with E-state index in [4.69, 9.17) is 0 Å². The Morgan fingerprint density at radius 1 is 1.17 bits per heavy atom. The summed E-state index contributed by atoms with van der Waals surface area (Å²) in [6.07, 6.45) is 6.00. The average molecular weight is 239 g/mol. The molecule has 3 heteroatoms. The SMILES string of the molecule is CCn1cncc1Cn1ccc2c(C)cccc21. The quantitative estimate of drug-likeness (QED) is 0.688. The monoisotopic (exact) mass is 239 g/mol. The van der Waals surface area contributed by atoms with Crippen LogP contribution in [-0.2, 0) is 13.1 Å². The highest BCUT2D eigenvalue weighted by Gasteiger charge is 2.06. The van der Waals surface area contributed by atoms with Gasteiger partial charge in [0, 0.05) is 29.8 Å². The van der Waals surface area contributed by atoms with Crippen LogP contribution in [0.5, 0.6) is 0 Å². The van der Waals surface area contributed by atoms with E-state index in [9.17, 15) is 0 Å². The number of rotatable bonds is 3. The van der Waals surface area contributed by atoms with Crippen molar-refractivity contribution in [2.75, 3.05) is 0 Å². The van der Waals surface area contributed by atoms with Crippen LogP contribution in [0, 0.1) is 6.92 Å². The summed E-state index contributed by atoms with van der Waals surface area (Å²) in [5.74, 6) is 0. The number of aromatic nitrogens is 3. The largest absolute Gasteiger partial charge is 0.341 e. The predicted molar refractivity (Wildman–Crippen MR) is 73.7 cm³/mol. The number of aryl methyl sites for hydroxylation is 2. The molecule has 0 bridgehead atoms. The summed E-state index contributed by atoms with van der Waals surface area (Å²) in [6, 6.07) is 8.64. The van der Waals surface area contributed by atoms with E-state index in [0.29, 0.717) is 0 Å². The Labute approximate surface area is 107 Å². The van der Waals surface area contributed by atoms with Gasteiger partial charge >= 0.3 is 0 Å². The third-order valence-electron chi connectivity index (χ3n) is 3.50. The van der Waals surface area contributed by atoms with E-state index in [-0.39, 0.29) is 0 Å². The van der Waals surface area contributed by atoms with E-state index in [1.807, 2.05) is 12.5 Å². The van der Waals surface area contributed by atoms with Gasteiger partial charge in [0.2, 0.25) is 0 Å². The van der Waals surface area contributed by atoms with Crippen molar-refractivity contribution >= 4 is 10.9 Å². The molecule has 0 amide bonds. The van der Waals surface area contributed by atoms with Gasteiger partial charge in [-0.3, -0.25) is 0 Å². The third-order valence-corrected chi connectivity index (χ3v) is 3.50. The molecule has 3 nitrogen and oxygen atoms in total. The average Bonchev–Trinajstić information content (AvgIpc) is 2.98. The Morgan fingerprint density at radius 3 is 2.89 bits per heavy atom. The highest BCUT2D eigenvalue weighted by Crippen LogP contribution is 2.20. The first kappa shape index (κ1) is 11.1. The Morgan fingerprint density at radius 2 is 2.06 bits per heavy atom. The summed E-state index contributed by atoms with van der Waals surface area (Å²) in [5.41, 5.74) is 3.87. The van der Waals surface area contributed by atoms with Crippen LogP contribution in [0.3, 0.4) is 0 Å². The molecule has 0 saturated carbocycles. The maximum absolute atomic E-state index is 4.22. The lowest BCUT2D eigenvalue weighted by molar-refractivity contribution is 0.679. The number of nitrogens with zero attached hydrogens (tertiary/aromatic N) is 3. The van der Waals surface area contributed by atoms with Crippen LogP contribution in [0.1, 0.15) is 18.2 Å². The van der Waals surface area contributed by atoms with E-state index in [2.05, 4.69) is 58.4 Å². The third kappa shape index (κ3) is 1.72. The van der Waals surface area contributed by atoms with Gasteiger partial charge in [0.25, 0.3) is 0 Å². The van der Waals surface area contributed by atoms with Crippen LogP contribution in [0.15, 0.2) is 43.0 Å². The number of hydrogen-bond acceptors (Lipinski definition) is 1. The van der Waals surface area contributed by atoms with Gasteiger partial charge in [-0.05, 0) is 31.5 Å². The normalized spacial score (nSPS) is 11.2. The smallest absolute Gasteiger partial charge is 0.0948 e. The van der Waals surface area contributed by atoms with Gasteiger partial charge in [0.05, 0.1) is 18.6 Å². The molecule has 1 aromatic carbocycles. The summed E-state index contributed by atoms with van der Waals surface area (Å²) >= 11 is 0. The molecule has 0 fully saturated rings. The van der Waals surface area contributed by atoms with E-state index in [1.54, 1.807) is 0 Å².